The Morgan fingerprint density at radius 3 is 2.30 bits per heavy atom. The molecule has 0 aliphatic heterocycles. The van der Waals surface area contributed by atoms with E-state index in [0.29, 0.717) is 22.0 Å². The molecule has 0 bridgehead atoms. The molecule has 1 aliphatic carbocycles. The number of carbonyl (C=O) groups excluding carboxylic acids is 2. The third kappa shape index (κ3) is 7.67. The number of hydrogen-bond acceptors (Lipinski definition) is 4. The molecular formula is C25H29Cl4N3O4S. The molecule has 202 valence electrons. The average molecular weight is 609 g/mol. The molecule has 1 aliphatic rings. The van der Waals surface area contributed by atoms with Gasteiger partial charge >= 0.3 is 0 Å². The van der Waals surface area contributed by atoms with E-state index in [1.54, 1.807) is 31.2 Å². The number of sulfonamides is 1. The van der Waals surface area contributed by atoms with Crippen LogP contribution in [0.2, 0.25) is 20.1 Å². The van der Waals surface area contributed by atoms with E-state index in [9.17, 15) is 18.0 Å². The van der Waals surface area contributed by atoms with Gasteiger partial charge < -0.3 is 10.2 Å². The molecule has 2 amide bonds. The lowest BCUT2D eigenvalue weighted by Crippen LogP contribution is -2.53. The molecule has 1 fully saturated rings. The van der Waals surface area contributed by atoms with Crippen LogP contribution in [-0.2, 0) is 26.2 Å². The quantitative estimate of drug-likeness (QED) is 0.362. The highest BCUT2D eigenvalue weighted by Gasteiger charge is 2.33. The van der Waals surface area contributed by atoms with Crippen LogP contribution in [0, 0.1) is 0 Å². The third-order valence-corrected chi connectivity index (χ3v) is 8.98. The molecule has 0 heterocycles. The van der Waals surface area contributed by atoms with Gasteiger partial charge in [0.25, 0.3) is 0 Å². The summed E-state index contributed by atoms with van der Waals surface area (Å²) in [5, 5.41) is 3.86. The van der Waals surface area contributed by atoms with E-state index < -0.39 is 28.5 Å². The topological polar surface area (TPSA) is 86.8 Å². The maximum atomic E-state index is 13.8. The zero-order chi connectivity index (χ0) is 27.3. The van der Waals surface area contributed by atoms with Crippen LogP contribution in [0.1, 0.15) is 44.6 Å². The molecule has 1 N–H and O–H groups in total. The van der Waals surface area contributed by atoms with Gasteiger partial charge in [0.2, 0.25) is 21.8 Å². The number of anilines is 1. The maximum Gasteiger partial charge on any atom is 0.244 e. The number of nitrogens with zero attached hydrogens (tertiary/aromatic N) is 2. The SMILES string of the molecule is CCC(C(=O)NC1CCCC1)N(Cc1ccc(Cl)c(Cl)c1)C(=O)CN(c1cccc(Cl)c1Cl)S(C)(=O)=O. The van der Waals surface area contributed by atoms with Gasteiger partial charge in [-0.05, 0) is 49.1 Å². The van der Waals surface area contributed by atoms with Gasteiger partial charge in [-0.25, -0.2) is 8.42 Å². The van der Waals surface area contributed by atoms with Crippen molar-refractivity contribution in [3.05, 3.63) is 62.1 Å². The minimum Gasteiger partial charge on any atom is -0.352 e. The molecule has 2 aromatic carbocycles. The van der Waals surface area contributed by atoms with Gasteiger partial charge in [-0.15, -0.1) is 0 Å². The van der Waals surface area contributed by atoms with E-state index >= 15 is 0 Å². The Morgan fingerprint density at radius 2 is 1.70 bits per heavy atom. The Kier molecular flexibility index (Phi) is 10.4. The lowest BCUT2D eigenvalue weighted by molar-refractivity contribution is -0.140. The highest BCUT2D eigenvalue weighted by molar-refractivity contribution is 7.92. The van der Waals surface area contributed by atoms with E-state index in [1.165, 1.54) is 17.0 Å². The van der Waals surface area contributed by atoms with Gasteiger partial charge in [-0.2, -0.15) is 0 Å². The van der Waals surface area contributed by atoms with Gasteiger partial charge in [0.1, 0.15) is 12.6 Å². The molecule has 1 saturated carbocycles. The molecular weight excluding hydrogens is 580 g/mol. The molecule has 0 spiro atoms. The van der Waals surface area contributed by atoms with Crippen molar-refractivity contribution < 1.29 is 18.0 Å². The van der Waals surface area contributed by atoms with Crippen molar-refractivity contribution in [2.75, 3.05) is 17.1 Å². The van der Waals surface area contributed by atoms with Crippen LogP contribution in [0.15, 0.2) is 36.4 Å². The summed E-state index contributed by atoms with van der Waals surface area (Å²) in [5.74, 6) is -0.865. The van der Waals surface area contributed by atoms with Crippen LogP contribution in [0.5, 0.6) is 0 Å². The van der Waals surface area contributed by atoms with Crippen molar-refractivity contribution >= 4 is 73.9 Å². The fourth-order valence-corrected chi connectivity index (χ4v) is 6.02. The number of hydrogen-bond donors (Lipinski definition) is 1. The summed E-state index contributed by atoms with van der Waals surface area (Å²) in [6.07, 6.45) is 5.15. The standard InChI is InChI=1S/C25H29Cl4N3O4S/c1-3-21(25(34)30-17-7-4-5-8-17)31(14-16-11-12-18(26)20(28)13-16)23(33)15-32(37(2,35)36)22-10-6-9-19(27)24(22)29/h6,9-13,17,21H,3-5,7-8,14-15H2,1-2H3,(H,30,34). The predicted molar refractivity (Wildman–Crippen MR) is 150 cm³/mol. The van der Waals surface area contributed by atoms with Gasteiger partial charge in [-0.3, -0.25) is 13.9 Å². The van der Waals surface area contributed by atoms with Crippen molar-refractivity contribution in [3.63, 3.8) is 0 Å². The van der Waals surface area contributed by atoms with Gasteiger partial charge in [-0.1, -0.05) is 78.3 Å². The summed E-state index contributed by atoms with van der Waals surface area (Å²) in [5.41, 5.74) is 0.713. The number of benzene rings is 2. The predicted octanol–water partition coefficient (Wildman–Crippen LogP) is 5.93. The zero-order valence-corrected chi connectivity index (χ0v) is 24.4. The molecule has 0 radical (unpaired) electrons. The second-order valence-corrected chi connectivity index (χ2v) is 12.5. The molecule has 7 nitrogen and oxygen atoms in total. The molecule has 37 heavy (non-hydrogen) atoms. The normalized spacial score (nSPS) is 14.9. The second kappa shape index (κ2) is 12.9. The Morgan fingerprint density at radius 1 is 1.03 bits per heavy atom. The Labute approximate surface area is 238 Å². The average Bonchev–Trinajstić information content (AvgIpc) is 3.34. The van der Waals surface area contributed by atoms with E-state index in [2.05, 4.69) is 5.32 Å². The third-order valence-electron chi connectivity index (χ3n) is 6.30. The minimum atomic E-state index is -3.94. The van der Waals surface area contributed by atoms with E-state index in [1.807, 2.05) is 0 Å². The summed E-state index contributed by atoms with van der Waals surface area (Å²) in [7, 11) is -3.94. The van der Waals surface area contributed by atoms with E-state index in [4.69, 9.17) is 46.4 Å². The number of amides is 2. The van der Waals surface area contributed by atoms with Crippen LogP contribution >= 0.6 is 46.4 Å². The lowest BCUT2D eigenvalue weighted by Gasteiger charge is -2.33. The molecule has 1 atom stereocenters. The zero-order valence-electron chi connectivity index (χ0n) is 20.5. The molecule has 0 saturated heterocycles. The fourth-order valence-electron chi connectivity index (χ4n) is 4.40. The fraction of sp³-hybridized carbons (Fsp3) is 0.440. The first kappa shape index (κ1) is 29.8. The summed E-state index contributed by atoms with van der Waals surface area (Å²) >= 11 is 24.7. The highest BCUT2D eigenvalue weighted by Crippen LogP contribution is 2.34. The van der Waals surface area contributed by atoms with Crippen LogP contribution < -0.4 is 9.62 Å². The van der Waals surface area contributed by atoms with Gasteiger partial charge in [0.05, 0.1) is 32.0 Å². The molecule has 0 aromatic heterocycles. The monoisotopic (exact) mass is 607 g/mol. The van der Waals surface area contributed by atoms with Gasteiger partial charge in [0.15, 0.2) is 0 Å². The van der Waals surface area contributed by atoms with Crippen LogP contribution in [0.3, 0.4) is 0 Å². The number of rotatable bonds is 10. The first-order valence-corrected chi connectivity index (χ1v) is 15.2. The van der Waals surface area contributed by atoms with E-state index in [-0.39, 0.29) is 34.2 Å². The van der Waals surface area contributed by atoms with Crippen molar-refractivity contribution in [1.29, 1.82) is 0 Å². The molecule has 2 aromatic rings. The summed E-state index contributed by atoms with van der Waals surface area (Å²) in [6.45, 7) is 1.25. The minimum absolute atomic E-state index is 0.00411. The molecule has 1 unspecified atom stereocenters. The Bertz CT molecular complexity index is 1250. The largest absolute Gasteiger partial charge is 0.352 e. The van der Waals surface area contributed by atoms with E-state index in [0.717, 1.165) is 36.2 Å². The number of carbonyl (C=O) groups is 2. The maximum absolute atomic E-state index is 13.8. The number of nitrogens with one attached hydrogen (secondary N) is 1. The van der Waals surface area contributed by atoms with Crippen molar-refractivity contribution in [1.82, 2.24) is 10.2 Å². The number of halogens is 4. The smallest absolute Gasteiger partial charge is 0.244 e. The summed E-state index contributed by atoms with van der Waals surface area (Å²) < 4.78 is 26.4. The first-order chi connectivity index (χ1) is 17.4. The summed E-state index contributed by atoms with van der Waals surface area (Å²) in [4.78, 5) is 28.5. The Hall–Kier alpha value is -1.71. The molecule has 3 rings (SSSR count). The van der Waals surface area contributed by atoms with Crippen molar-refractivity contribution in [3.8, 4) is 0 Å². The van der Waals surface area contributed by atoms with Crippen molar-refractivity contribution in [2.24, 2.45) is 0 Å². The summed E-state index contributed by atoms with van der Waals surface area (Å²) in [6, 6.07) is 8.69. The first-order valence-electron chi connectivity index (χ1n) is 11.9. The van der Waals surface area contributed by atoms with Crippen LogP contribution in [-0.4, -0.2) is 50.0 Å². The highest BCUT2D eigenvalue weighted by atomic mass is 35.5. The van der Waals surface area contributed by atoms with Crippen molar-refractivity contribution in [2.45, 2.75) is 57.7 Å². The van der Waals surface area contributed by atoms with Gasteiger partial charge in [0, 0.05) is 12.6 Å². The van der Waals surface area contributed by atoms with Crippen LogP contribution in [0.4, 0.5) is 5.69 Å². The lowest BCUT2D eigenvalue weighted by atomic mass is 10.1. The molecule has 12 heteroatoms. The van der Waals surface area contributed by atoms with Crippen LogP contribution in [0.25, 0.3) is 0 Å². The second-order valence-electron chi connectivity index (χ2n) is 9.03. The Balaban J connectivity index is 1.97.